The molecule has 0 saturated heterocycles. The summed E-state index contributed by atoms with van der Waals surface area (Å²) >= 11 is 1.33. The molecule has 1 N–H and O–H groups in total. The number of nitrogens with zero attached hydrogens (tertiary/aromatic N) is 4. The summed E-state index contributed by atoms with van der Waals surface area (Å²) in [6, 6.07) is 9.80. The highest BCUT2D eigenvalue weighted by atomic mass is 32.2. The van der Waals surface area contributed by atoms with E-state index in [1.165, 1.54) is 11.8 Å². The summed E-state index contributed by atoms with van der Waals surface area (Å²) in [5.74, 6) is -0.0307. The topological polar surface area (TPSA) is 72.7 Å². The molecule has 2 aromatic rings. The quantitative estimate of drug-likeness (QED) is 0.826. The first-order valence-corrected chi connectivity index (χ1v) is 6.75. The Hall–Kier alpha value is -1.89. The van der Waals surface area contributed by atoms with E-state index >= 15 is 0 Å². The summed E-state index contributed by atoms with van der Waals surface area (Å²) in [7, 11) is 1.75. The van der Waals surface area contributed by atoms with Crippen molar-refractivity contribution in [2.75, 3.05) is 0 Å². The van der Waals surface area contributed by atoms with Crippen LogP contribution in [0.3, 0.4) is 0 Å². The molecular formula is C12H15N5OS. The lowest BCUT2D eigenvalue weighted by atomic mass is 10.2. The van der Waals surface area contributed by atoms with Crippen LogP contribution in [0.2, 0.25) is 0 Å². The largest absolute Gasteiger partial charge is 0.351 e. The van der Waals surface area contributed by atoms with Crippen LogP contribution >= 0.6 is 11.8 Å². The minimum atomic E-state index is -0.242. The number of tetrazole rings is 1. The highest BCUT2D eigenvalue weighted by Crippen LogP contribution is 2.19. The number of benzene rings is 1. The molecule has 1 atom stereocenters. The van der Waals surface area contributed by atoms with Gasteiger partial charge in [-0.15, -0.1) is 5.10 Å². The van der Waals surface area contributed by atoms with Gasteiger partial charge in [-0.2, -0.15) is 0 Å². The Kier molecular flexibility index (Phi) is 4.51. The molecule has 0 radical (unpaired) electrons. The average molecular weight is 277 g/mol. The fraction of sp³-hybridized carbons (Fsp3) is 0.333. The normalized spacial score (nSPS) is 12.1. The van der Waals surface area contributed by atoms with Gasteiger partial charge < -0.3 is 5.32 Å². The standard InChI is InChI=1S/C12H15N5OS/c1-9(19-12-14-15-16-17(12)2)11(18)13-8-10-6-4-3-5-7-10/h3-7,9H,8H2,1-2H3,(H,13,18)/t9-/m0/s1. The Morgan fingerprint density at radius 1 is 1.42 bits per heavy atom. The minimum absolute atomic E-state index is 0.0307. The zero-order chi connectivity index (χ0) is 13.7. The molecule has 6 nitrogen and oxygen atoms in total. The minimum Gasteiger partial charge on any atom is -0.351 e. The molecular weight excluding hydrogens is 262 g/mol. The van der Waals surface area contributed by atoms with Gasteiger partial charge >= 0.3 is 0 Å². The number of hydrogen-bond acceptors (Lipinski definition) is 5. The molecule has 0 spiro atoms. The number of carbonyl (C=O) groups is 1. The van der Waals surface area contributed by atoms with E-state index in [4.69, 9.17) is 0 Å². The van der Waals surface area contributed by atoms with Crippen molar-refractivity contribution < 1.29 is 4.79 Å². The van der Waals surface area contributed by atoms with Crippen LogP contribution in [0.15, 0.2) is 35.5 Å². The van der Waals surface area contributed by atoms with E-state index in [9.17, 15) is 4.79 Å². The van der Waals surface area contributed by atoms with Crippen molar-refractivity contribution in [1.82, 2.24) is 25.5 Å². The highest BCUT2D eigenvalue weighted by molar-refractivity contribution is 8.00. The number of carbonyl (C=O) groups excluding carboxylic acids is 1. The van der Waals surface area contributed by atoms with E-state index in [2.05, 4.69) is 20.8 Å². The lowest BCUT2D eigenvalue weighted by Crippen LogP contribution is -2.30. The maximum absolute atomic E-state index is 11.9. The highest BCUT2D eigenvalue weighted by Gasteiger charge is 2.17. The Balaban J connectivity index is 1.84. The van der Waals surface area contributed by atoms with Crippen LogP contribution in [0.4, 0.5) is 0 Å². The number of hydrogen-bond donors (Lipinski definition) is 1. The molecule has 1 aromatic heterocycles. The predicted octanol–water partition coefficient (Wildman–Crippen LogP) is 1.01. The van der Waals surface area contributed by atoms with Gasteiger partial charge in [0.1, 0.15) is 0 Å². The van der Waals surface area contributed by atoms with Gasteiger partial charge in [-0.1, -0.05) is 42.1 Å². The number of amides is 1. The van der Waals surface area contributed by atoms with E-state index < -0.39 is 0 Å². The maximum Gasteiger partial charge on any atom is 0.233 e. The molecule has 100 valence electrons. The van der Waals surface area contributed by atoms with Crippen LogP contribution in [0.5, 0.6) is 0 Å². The first-order chi connectivity index (χ1) is 9.16. The van der Waals surface area contributed by atoms with Gasteiger partial charge in [0, 0.05) is 13.6 Å². The van der Waals surface area contributed by atoms with Crippen molar-refractivity contribution in [3.05, 3.63) is 35.9 Å². The zero-order valence-electron chi connectivity index (χ0n) is 10.8. The molecule has 0 saturated carbocycles. The lowest BCUT2D eigenvalue weighted by Gasteiger charge is -2.10. The van der Waals surface area contributed by atoms with Crippen LogP contribution in [0.25, 0.3) is 0 Å². The van der Waals surface area contributed by atoms with Crippen molar-refractivity contribution in [1.29, 1.82) is 0 Å². The summed E-state index contributed by atoms with van der Waals surface area (Å²) in [6.45, 7) is 2.36. The second kappa shape index (κ2) is 6.33. The van der Waals surface area contributed by atoms with Crippen LogP contribution in [-0.2, 0) is 18.4 Å². The van der Waals surface area contributed by atoms with E-state index in [0.29, 0.717) is 11.7 Å². The fourth-order valence-corrected chi connectivity index (χ4v) is 2.24. The monoisotopic (exact) mass is 277 g/mol. The number of thioether (sulfide) groups is 1. The Morgan fingerprint density at radius 2 is 2.16 bits per heavy atom. The molecule has 2 rings (SSSR count). The molecule has 0 aliphatic rings. The molecule has 1 amide bonds. The van der Waals surface area contributed by atoms with E-state index in [0.717, 1.165) is 5.56 Å². The molecule has 7 heteroatoms. The van der Waals surface area contributed by atoms with Gasteiger partial charge in [-0.25, -0.2) is 4.68 Å². The third-order valence-corrected chi connectivity index (χ3v) is 3.67. The van der Waals surface area contributed by atoms with Crippen molar-refractivity contribution in [3.63, 3.8) is 0 Å². The van der Waals surface area contributed by atoms with Crippen molar-refractivity contribution in [3.8, 4) is 0 Å². The molecule has 1 heterocycles. The smallest absolute Gasteiger partial charge is 0.233 e. The molecule has 0 aliphatic heterocycles. The van der Waals surface area contributed by atoms with Crippen LogP contribution in [0, 0.1) is 0 Å². The van der Waals surface area contributed by atoms with Crippen LogP contribution < -0.4 is 5.32 Å². The molecule has 0 fully saturated rings. The van der Waals surface area contributed by atoms with Crippen molar-refractivity contribution >= 4 is 17.7 Å². The van der Waals surface area contributed by atoms with Crippen LogP contribution in [-0.4, -0.2) is 31.4 Å². The third-order valence-electron chi connectivity index (χ3n) is 2.54. The molecule has 19 heavy (non-hydrogen) atoms. The summed E-state index contributed by atoms with van der Waals surface area (Å²) in [5, 5.41) is 14.4. The van der Waals surface area contributed by atoms with Crippen molar-refractivity contribution in [2.45, 2.75) is 23.9 Å². The van der Waals surface area contributed by atoms with Gasteiger partial charge in [0.15, 0.2) is 0 Å². The lowest BCUT2D eigenvalue weighted by molar-refractivity contribution is -0.120. The SMILES string of the molecule is C[C@H](Sc1nnnn1C)C(=O)NCc1ccccc1. The predicted molar refractivity (Wildman–Crippen MR) is 72.4 cm³/mol. The third kappa shape index (κ3) is 3.78. The Labute approximate surface area is 115 Å². The van der Waals surface area contributed by atoms with Gasteiger partial charge in [0.2, 0.25) is 11.1 Å². The van der Waals surface area contributed by atoms with E-state index in [-0.39, 0.29) is 11.2 Å². The Bertz CT molecular complexity index is 542. The van der Waals surface area contributed by atoms with E-state index in [1.807, 2.05) is 37.3 Å². The van der Waals surface area contributed by atoms with Crippen LogP contribution in [0.1, 0.15) is 12.5 Å². The Morgan fingerprint density at radius 3 is 2.79 bits per heavy atom. The number of aryl methyl sites for hydroxylation is 1. The second-order valence-corrected chi connectivity index (χ2v) is 5.36. The van der Waals surface area contributed by atoms with Gasteiger partial charge in [-0.3, -0.25) is 4.79 Å². The average Bonchev–Trinajstić information content (AvgIpc) is 2.82. The number of nitrogens with one attached hydrogen (secondary N) is 1. The summed E-state index contributed by atoms with van der Waals surface area (Å²) in [6.07, 6.45) is 0. The molecule has 0 unspecified atom stereocenters. The zero-order valence-corrected chi connectivity index (χ0v) is 11.6. The second-order valence-electron chi connectivity index (χ2n) is 4.05. The fourth-order valence-electron chi connectivity index (χ4n) is 1.46. The first kappa shape index (κ1) is 13.5. The number of aromatic nitrogens is 4. The van der Waals surface area contributed by atoms with E-state index in [1.54, 1.807) is 11.7 Å². The summed E-state index contributed by atoms with van der Waals surface area (Å²) < 4.78 is 1.55. The first-order valence-electron chi connectivity index (χ1n) is 5.87. The van der Waals surface area contributed by atoms with Gasteiger partial charge in [-0.05, 0) is 22.9 Å². The summed E-state index contributed by atoms with van der Waals surface area (Å²) in [5.41, 5.74) is 1.08. The maximum atomic E-state index is 11.9. The van der Waals surface area contributed by atoms with Gasteiger partial charge in [0.05, 0.1) is 5.25 Å². The molecule has 0 bridgehead atoms. The summed E-state index contributed by atoms with van der Waals surface area (Å²) in [4.78, 5) is 11.9. The van der Waals surface area contributed by atoms with Gasteiger partial charge in [0.25, 0.3) is 0 Å². The molecule has 1 aromatic carbocycles. The van der Waals surface area contributed by atoms with Crippen molar-refractivity contribution in [2.24, 2.45) is 7.05 Å². The number of rotatable bonds is 5. The molecule has 0 aliphatic carbocycles.